The van der Waals surface area contributed by atoms with E-state index in [0.29, 0.717) is 6.04 Å². The van der Waals surface area contributed by atoms with Crippen molar-refractivity contribution in [1.29, 1.82) is 0 Å². The topological polar surface area (TPSA) is 46.0 Å². The van der Waals surface area contributed by atoms with Gasteiger partial charge in [-0.2, -0.15) is 5.10 Å². The number of aromatic nitrogens is 3. The van der Waals surface area contributed by atoms with Crippen molar-refractivity contribution in [2.24, 2.45) is 0 Å². The minimum atomic E-state index is 0.634. The normalized spacial score (nSPS) is 19.8. The first kappa shape index (κ1) is 14.2. The Hall–Kier alpha value is -1.72. The van der Waals surface area contributed by atoms with E-state index in [0.717, 1.165) is 18.8 Å². The Labute approximate surface area is 126 Å². The third kappa shape index (κ3) is 3.31. The van der Waals surface area contributed by atoms with Gasteiger partial charge in [-0.15, -0.1) is 0 Å². The summed E-state index contributed by atoms with van der Waals surface area (Å²) < 4.78 is 1.82. The van der Waals surface area contributed by atoms with Crippen molar-refractivity contribution in [3.63, 3.8) is 0 Å². The molecule has 21 heavy (non-hydrogen) atoms. The van der Waals surface area contributed by atoms with Crippen LogP contribution in [-0.2, 0) is 6.54 Å². The van der Waals surface area contributed by atoms with Gasteiger partial charge in [0, 0.05) is 19.1 Å². The third-order valence-electron chi connectivity index (χ3n) is 4.25. The molecule has 1 unspecified atom stereocenters. The van der Waals surface area contributed by atoms with Crippen molar-refractivity contribution in [3.05, 3.63) is 42.0 Å². The zero-order valence-electron chi connectivity index (χ0n) is 12.8. The molecule has 1 N–H and O–H groups in total. The van der Waals surface area contributed by atoms with Crippen LogP contribution in [0.2, 0.25) is 0 Å². The van der Waals surface area contributed by atoms with Crippen molar-refractivity contribution in [2.75, 3.05) is 20.1 Å². The van der Waals surface area contributed by atoms with Crippen molar-refractivity contribution in [2.45, 2.75) is 32.4 Å². The van der Waals surface area contributed by atoms with Crippen LogP contribution < -0.4 is 5.32 Å². The number of hydrogen-bond acceptors (Lipinski definition) is 4. The minimum Gasteiger partial charge on any atom is -0.316 e. The number of likely N-dealkylation sites (tertiary alicyclic amines) is 1. The maximum absolute atomic E-state index is 4.20. The molecule has 1 saturated heterocycles. The smallest absolute Gasteiger partial charge is 0.138 e. The van der Waals surface area contributed by atoms with Crippen LogP contribution in [0.1, 0.15) is 24.0 Å². The highest BCUT2D eigenvalue weighted by Gasteiger charge is 2.18. The lowest BCUT2D eigenvalue weighted by Gasteiger charge is -2.32. The van der Waals surface area contributed by atoms with E-state index in [1.165, 1.54) is 30.5 Å². The van der Waals surface area contributed by atoms with Gasteiger partial charge in [-0.1, -0.05) is 12.1 Å². The highest BCUT2D eigenvalue weighted by Crippen LogP contribution is 2.18. The Morgan fingerprint density at radius 3 is 3.00 bits per heavy atom. The van der Waals surface area contributed by atoms with E-state index in [-0.39, 0.29) is 0 Å². The molecule has 1 aliphatic rings. The second kappa shape index (κ2) is 6.37. The summed E-state index contributed by atoms with van der Waals surface area (Å²) in [4.78, 5) is 6.55. The summed E-state index contributed by atoms with van der Waals surface area (Å²) in [5.74, 6) is 0. The fraction of sp³-hybridized carbons (Fsp3) is 0.500. The average Bonchev–Trinajstić information content (AvgIpc) is 3.01. The molecule has 0 aliphatic carbocycles. The first-order valence-corrected chi connectivity index (χ1v) is 7.60. The second-order valence-corrected chi connectivity index (χ2v) is 5.82. The van der Waals surface area contributed by atoms with Gasteiger partial charge in [0.05, 0.1) is 5.69 Å². The lowest BCUT2D eigenvalue weighted by Crippen LogP contribution is -2.43. The molecule has 0 radical (unpaired) electrons. The predicted molar refractivity (Wildman–Crippen MR) is 83.5 cm³/mol. The van der Waals surface area contributed by atoms with Gasteiger partial charge in [-0.3, -0.25) is 4.90 Å². The molecule has 3 rings (SSSR count). The maximum atomic E-state index is 4.20. The number of rotatable bonds is 4. The summed E-state index contributed by atoms with van der Waals surface area (Å²) in [6, 6.07) is 7.24. The average molecular weight is 285 g/mol. The highest BCUT2D eigenvalue weighted by atomic mass is 15.3. The highest BCUT2D eigenvalue weighted by molar-refractivity contribution is 5.41. The van der Waals surface area contributed by atoms with Gasteiger partial charge in [0.15, 0.2) is 0 Å². The SMILES string of the molecule is CNC1CCCN(Cc2ccc(-n3cncn3)c(C)c2)C1. The Morgan fingerprint density at radius 2 is 2.29 bits per heavy atom. The molecule has 1 aromatic carbocycles. The molecule has 1 aromatic heterocycles. The molecule has 112 valence electrons. The van der Waals surface area contributed by atoms with Crippen LogP contribution in [0.15, 0.2) is 30.9 Å². The monoisotopic (exact) mass is 285 g/mol. The molecule has 1 atom stereocenters. The minimum absolute atomic E-state index is 0.634. The Balaban J connectivity index is 1.71. The third-order valence-corrected chi connectivity index (χ3v) is 4.25. The summed E-state index contributed by atoms with van der Waals surface area (Å²) in [5, 5.41) is 7.60. The van der Waals surface area contributed by atoms with Crippen LogP contribution in [0, 0.1) is 6.92 Å². The quantitative estimate of drug-likeness (QED) is 0.930. The maximum Gasteiger partial charge on any atom is 0.138 e. The van der Waals surface area contributed by atoms with Crippen molar-refractivity contribution in [1.82, 2.24) is 25.0 Å². The number of likely N-dealkylation sites (N-methyl/N-ethyl adjacent to an activating group) is 1. The molecule has 0 amide bonds. The van der Waals surface area contributed by atoms with Crippen molar-refractivity contribution < 1.29 is 0 Å². The van der Waals surface area contributed by atoms with Gasteiger partial charge in [0.1, 0.15) is 12.7 Å². The van der Waals surface area contributed by atoms with Gasteiger partial charge in [-0.05, 0) is 50.6 Å². The second-order valence-electron chi connectivity index (χ2n) is 5.82. The molecular weight excluding hydrogens is 262 g/mol. The molecule has 0 saturated carbocycles. The van der Waals surface area contributed by atoms with Crippen LogP contribution in [0.3, 0.4) is 0 Å². The van der Waals surface area contributed by atoms with E-state index in [1.807, 2.05) is 4.68 Å². The number of nitrogens with one attached hydrogen (secondary N) is 1. The number of aryl methyl sites for hydroxylation is 1. The van der Waals surface area contributed by atoms with E-state index in [4.69, 9.17) is 0 Å². The van der Waals surface area contributed by atoms with Crippen LogP contribution in [-0.4, -0.2) is 45.8 Å². The summed E-state index contributed by atoms with van der Waals surface area (Å²) in [7, 11) is 2.06. The zero-order valence-corrected chi connectivity index (χ0v) is 12.8. The van der Waals surface area contributed by atoms with Crippen LogP contribution >= 0.6 is 0 Å². The van der Waals surface area contributed by atoms with E-state index >= 15 is 0 Å². The zero-order chi connectivity index (χ0) is 14.7. The van der Waals surface area contributed by atoms with Gasteiger partial charge in [-0.25, -0.2) is 9.67 Å². The van der Waals surface area contributed by atoms with Crippen LogP contribution in [0.5, 0.6) is 0 Å². The van der Waals surface area contributed by atoms with Crippen molar-refractivity contribution >= 4 is 0 Å². The number of piperidine rings is 1. The molecule has 1 aliphatic heterocycles. The largest absolute Gasteiger partial charge is 0.316 e. The molecule has 0 spiro atoms. The predicted octanol–water partition coefficient (Wildman–Crippen LogP) is 1.76. The summed E-state index contributed by atoms with van der Waals surface area (Å²) in [6.45, 7) is 5.49. The number of benzene rings is 1. The lowest BCUT2D eigenvalue weighted by atomic mass is 10.0. The molecule has 2 aromatic rings. The fourth-order valence-electron chi connectivity index (χ4n) is 3.10. The van der Waals surface area contributed by atoms with Crippen LogP contribution in [0.4, 0.5) is 0 Å². The number of hydrogen-bond donors (Lipinski definition) is 1. The Bertz CT molecular complexity index is 578. The first-order valence-electron chi connectivity index (χ1n) is 7.60. The summed E-state index contributed by atoms with van der Waals surface area (Å²) in [6.07, 6.45) is 5.88. The van der Waals surface area contributed by atoms with Gasteiger partial charge < -0.3 is 5.32 Å². The van der Waals surface area contributed by atoms with Gasteiger partial charge in [0.25, 0.3) is 0 Å². The molecule has 1 fully saturated rings. The Kier molecular flexibility index (Phi) is 4.31. The van der Waals surface area contributed by atoms with E-state index in [1.54, 1.807) is 12.7 Å². The molecule has 0 bridgehead atoms. The lowest BCUT2D eigenvalue weighted by molar-refractivity contribution is 0.188. The molecule has 5 heteroatoms. The summed E-state index contributed by atoms with van der Waals surface area (Å²) >= 11 is 0. The molecular formula is C16H23N5. The number of nitrogens with zero attached hydrogens (tertiary/aromatic N) is 4. The van der Waals surface area contributed by atoms with Crippen LogP contribution in [0.25, 0.3) is 5.69 Å². The van der Waals surface area contributed by atoms with E-state index in [9.17, 15) is 0 Å². The van der Waals surface area contributed by atoms with Crippen molar-refractivity contribution in [3.8, 4) is 5.69 Å². The first-order chi connectivity index (χ1) is 10.3. The summed E-state index contributed by atoms with van der Waals surface area (Å²) in [5.41, 5.74) is 3.70. The molecule has 5 nitrogen and oxygen atoms in total. The van der Waals surface area contributed by atoms with E-state index in [2.05, 4.69) is 52.5 Å². The van der Waals surface area contributed by atoms with Gasteiger partial charge in [0.2, 0.25) is 0 Å². The standard InChI is InChI=1S/C16H23N5/c1-13-8-14(5-6-16(13)21-12-18-11-19-21)9-20-7-3-4-15(10-20)17-2/h5-6,8,11-12,15,17H,3-4,7,9-10H2,1-2H3. The Morgan fingerprint density at radius 1 is 1.38 bits per heavy atom. The van der Waals surface area contributed by atoms with Gasteiger partial charge >= 0.3 is 0 Å². The van der Waals surface area contributed by atoms with E-state index < -0.39 is 0 Å². The fourth-order valence-corrected chi connectivity index (χ4v) is 3.10. The molecule has 2 heterocycles.